The molecule has 0 aromatic heterocycles. The van der Waals surface area contributed by atoms with Crippen LogP contribution in [0.25, 0.3) is 0 Å². The van der Waals surface area contributed by atoms with Gasteiger partial charge in [-0.05, 0) is 66.2 Å². The van der Waals surface area contributed by atoms with Gasteiger partial charge in [0.2, 0.25) is 5.91 Å². The molecule has 1 heterocycles. The van der Waals surface area contributed by atoms with Gasteiger partial charge in [0, 0.05) is 25.0 Å². The molecule has 6 heteroatoms. The Labute approximate surface area is 157 Å². The number of aryl methyl sites for hydroxylation is 1. The summed E-state index contributed by atoms with van der Waals surface area (Å²) in [5.41, 5.74) is 1.22. The zero-order valence-corrected chi connectivity index (χ0v) is 16.9. The van der Waals surface area contributed by atoms with Crippen LogP contribution < -0.4 is 5.32 Å². The number of carbonyl (C=O) groups is 2. The molecular formula is C19H27BrN2O3. The van der Waals surface area contributed by atoms with Gasteiger partial charge in [-0.2, -0.15) is 0 Å². The monoisotopic (exact) mass is 410 g/mol. The highest BCUT2D eigenvalue weighted by molar-refractivity contribution is 9.10. The molecule has 138 valence electrons. The Balaban J connectivity index is 1.98. The van der Waals surface area contributed by atoms with E-state index in [0.717, 1.165) is 5.56 Å². The van der Waals surface area contributed by atoms with Crippen LogP contribution >= 0.6 is 15.9 Å². The SMILES string of the molecule is Cc1cc(Br)c(O)c(C(=O)N2CCC(C(=O)N[C@H](C)C(C)C)CC2)c1. The Kier molecular flexibility index (Phi) is 6.49. The molecule has 1 atom stereocenters. The van der Waals surface area contributed by atoms with E-state index in [4.69, 9.17) is 0 Å². The average molecular weight is 411 g/mol. The molecule has 1 aliphatic rings. The zero-order valence-electron chi connectivity index (χ0n) is 15.3. The fourth-order valence-corrected chi connectivity index (χ4v) is 3.50. The third-order valence-corrected chi connectivity index (χ3v) is 5.57. The molecule has 0 saturated carbocycles. The van der Waals surface area contributed by atoms with Crippen LogP contribution in [0.15, 0.2) is 16.6 Å². The highest BCUT2D eigenvalue weighted by atomic mass is 79.9. The van der Waals surface area contributed by atoms with Gasteiger partial charge in [-0.15, -0.1) is 0 Å². The zero-order chi connectivity index (χ0) is 18.7. The molecule has 25 heavy (non-hydrogen) atoms. The highest BCUT2D eigenvalue weighted by Gasteiger charge is 2.30. The summed E-state index contributed by atoms with van der Waals surface area (Å²) in [6.45, 7) is 9.11. The maximum absolute atomic E-state index is 12.7. The van der Waals surface area contributed by atoms with E-state index in [9.17, 15) is 14.7 Å². The predicted octanol–water partition coefficient (Wildman–Crippen LogP) is 3.48. The van der Waals surface area contributed by atoms with Crippen molar-refractivity contribution in [2.24, 2.45) is 11.8 Å². The Bertz CT molecular complexity index is 652. The molecule has 1 aromatic rings. The molecule has 0 bridgehead atoms. The summed E-state index contributed by atoms with van der Waals surface area (Å²) in [6, 6.07) is 3.62. The van der Waals surface area contributed by atoms with E-state index in [1.807, 2.05) is 13.8 Å². The van der Waals surface area contributed by atoms with Crippen LogP contribution in [0, 0.1) is 18.8 Å². The minimum atomic E-state index is -0.184. The van der Waals surface area contributed by atoms with Crippen molar-refractivity contribution in [3.8, 4) is 5.75 Å². The molecule has 5 nitrogen and oxygen atoms in total. The second-order valence-electron chi connectivity index (χ2n) is 7.25. The fourth-order valence-electron chi connectivity index (χ4n) is 2.92. The van der Waals surface area contributed by atoms with Crippen LogP contribution in [-0.4, -0.2) is 41.0 Å². The standard InChI is InChI=1S/C19H27BrN2O3/c1-11(2)13(4)21-18(24)14-5-7-22(8-6-14)19(25)15-9-12(3)10-16(20)17(15)23/h9-11,13-14,23H,5-8H2,1-4H3,(H,21,24)/t13-/m1/s1. The summed E-state index contributed by atoms with van der Waals surface area (Å²) < 4.78 is 0.521. The van der Waals surface area contributed by atoms with Crippen LogP contribution in [0.4, 0.5) is 0 Å². The number of hydrogen-bond donors (Lipinski definition) is 2. The van der Waals surface area contributed by atoms with Crippen molar-refractivity contribution in [1.29, 1.82) is 0 Å². The van der Waals surface area contributed by atoms with Crippen LogP contribution in [-0.2, 0) is 4.79 Å². The number of carbonyl (C=O) groups excluding carboxylic acids is 2. The number of phenolic OH excluding ortho intramolecular Hbond substituents is 1. The van der Waals surface area contributed by atoms with Crippen LogP contribution in [0.3, 0.4) is 0 Å². The molecule has 2 amide bonds. The topological polar surface area (TPSA) is 69.6 Å². The number of phenols is 1. The fraction of sp³-hybridized carbons (Fsp3) is 0.579. The molecule has 1 saturated heterocycles. The quantitative estimate of drug-likeness (QED) is 0.797. The third kappa shape index (κ3) is 4.75. The van der Waals surface area contributed by atoms with Gasteiger partial charge in [-0.25, -0.2) is 0 Å². The predicted molar refractivity (Wildman–Crippen MR) is 102 cm³/mol. The lowest BCUT2D eigenvalue weighted by atomic mass is 9.94. The first-order valence-electron chi connectivity index (χ1n) is 8.79. The number of amides is 2. The molecule has 1 aromatic carbocycles. The second-order valence-corrected chi connectivity index (χ2v) is 8.11. The average Bonchev–Trinajstić information content (AvgIpc) is 2.57. The Morgan fingerprint density at radius 3 is 2.40 bits per heavy atom. The molecule has 2 N–H and O–H groups in total. The Morgan fingerprint density at radius 1 is 1.24 bits per heavy atom. The summed E-state index contributed by atoms with van der Waals surface area (Å²) in [5.74, 6) is 0.212. The first-order valence-corrected chi connectivity index (χ1v) is 9.58. The largest absolute Gasteiger partial charge is 0.506 e. The highest BCUT2D eigenvalue weighted by Crippen LogP contribution is 2.31. The maximum atomic E-state index is 12.7. The van der Waals surface area contributed by atoms with Crippen LogP contribution in [0.1, 0.15) is 49.5 Å². The number of nitrogens with zero attached hydrogens (tertiary/aromatic N) is 1. The Hall–Kier alpha value is -1.56. The molecule has 1 fully saturated rings. The summed E-state index contributed by atoms with van der Waals surface area (Å²) in [7, 11) is 0. The van der Waals surface area contributed by atoms with Crippen LogP contribution in [0.2, 0.25) is 0 Å². The molecule has 0 spiro atoms. The van der Waals surface area contributed by atoms with Crippen molar-refractivity contribution in [1.82, 2.24) is 10.2 Å². The van der Waals surface area contributed by atoms with Gasteiger partial charge < -0.3 is 15.3 Å². The van der Waals surface area contributed by atoms with Crippen molar-refractivity contribution in [3.63, 3.8) is 0 Å². The first-order chi connectivity index (χ1) is 11.7. The van der Waals surface area contributed by atoms with Gasteiger partial charge >= 0.3 is 0 Å². The van der Waals surface area contributed by atoms with Gasteiger partial charge in [0.25, 0.3) is 5.91 Å². The van der Waals surface area contributed by atoms with Crippen molar-refractivity contribution in [2.75, 3.05) is 13.1 Å². The lowest BCUT2D eigenvalue weighted by Gasteiger charge is -2.32. The van der Waals surface area contributed by atoms with Crippen LogP contribution in [0.5, 0.6) is 5.75 Å². The van der Waals surface area contributed by atoms with Gasteiger partial charge in [0.1, 0.15) is 5.75 Å². The second kappa shape index (κ2) is 8.21. The van der Waals surface area contributed by atoms with Crippen molar-refractivity contribution in [3.05, 3.63) is 27.7 Å². The maximum Gasteiger partial charge on any atom is 0.257 e. The minimum Gasteiger partial charge on any atom is -0.506 e. The summed E-state index contributed by atoms with van der Waals surface area (Å²) in [4.78, 5) is 26.8. The van der Waals surface area contributed by atoms with E-state index < -0.39 is 0 Å². The first kappa shape index (κ1) is 19.8. The molecule has 0 unspecified atom stereocenters. The number of aromatic hydroxyl groups is 1. The van der Waals surface area contributed by atoms with Gasteiger partial charge in [-0.3, -0.25) is 9.59 Å². The van der Waals surface area contributed by atoms with E-state index in [1.165, 1.54) is 0 Å². The number of nitrogens with one attached hydrogen (secondary N) is 1. The van der Waals surface area contributed by atoms with Crippen molar-refractivity contribution in [2.45, 2.75) is 46.6 Å². The van der Waals surface area contributed by atoms with Gasteiger partial charge in [0.15, 0.2) is 0 Å². The summed E-state index contributed by atoms with van der Waals surface area (Å²) in [6.07, 6.45) is 1.30. The lowest BCUT2D eigenvalue weighted by molar-refractivity contribution is -0.127. The summed E-state index contributed by atoms with van der Waals surface area (Å²) >= 11 is 3.28. The Morgan fingerprint density at radius 2 is 1.84 bits per heavy atom. The molecular weight excluding hydrogens is 384 g/mol. The van der Waals surface area contributed by atoms with Gasteiger partial charge in [-0.1, -0.05) is 13.8 Å². The number of likely N-dealkylation sites (tertiary alicyclic amines) is 1. The number of piperidine rings is 1. The number of hydrogen-bond acceptors (Lipinski definition) is 3. The minimum absolute atomic E-state index is 0.0266. The number of halogens is 1. The smallest absolute Gasteiger partial charge is 0.257 e. The number of rotatable bonds is 4. The lowest BCUT2D eigenvalue weighted by Crippen LogP contribution is -2.45. The molecule has 1 aliphatic heterocycles. The molecule has 0 aliphatic carbocycles. The normalized spacial score (nSPS) is 16.8. The van der Waals surface area contributed by atoms with Crippen molar-refractivity contribution < 1.29 is 14.7 Å². The van der Waals surface area contributed by atoms with E-state index >= 15 is 0 Å². The molecule has 2 rings (SSSR count). The van der Waals surface area contributed by atoms with Gasteiger partial charge in [0.05, 0.1) is 10.0 Å². The van der Waals surface area contributed by atoms with E-state index in [-0.39, 0.29) is 29.5 Å². The number of benzene rings is 1. The van der Waals surface area contributed by atoms with E-state index in [2.05, 4.69) is 35.1 Å². The summed E-state index contributed by atoms with van der Waals surface area (Å²) in [5, 5.41) is 13.2. The van der Waals surface area contributed by atoms with E-state index in [1.54, 1.807) is 17.0 Å². The molecule has 0 radical (unpaired) electrons. The van der Waals surface area contributed by atoms with Crippen molar-refractivity contribution >= 4 is 27.7 Å². The van der Waals surface area contributed by atoms with E-state index in [0.29, 0.717) is 41.9 Å². The third-order valence-electron chi connectivity index (χ3n) is 4.96.